The molecular formula is C10H5F9N2O2. The summed E-state index contributed by atoms with van der Waals surface area (Å²) < 4.78 is 114. The number of benzene rings is 1. The highest BCUT2D eigenvalue weighted by Gasteiger charge is 2.84. The van der Waals surface area contributed by atoms with E-state index in [0.717, 1.165) is 12.1 Å². The van der Waals surface area contributed by atoms with Gasteiger partial charge < -0.3 is 5.32 Å². The number of anilines is 1. The largest absolute Gasteiger partial charge is 0.429 e. The van der Waals surface area contributed by atoms with Gasteiger partial charge in [0.1, 0.15) is 5.69 Å². The molecule has 1 aromatic carbocycles. The summed E-state index contributed by atoms with van der Waals surface area (Å²) >= 11 is 0. The molecule has 1 aromatic rings. The van der Waals surface area contributed by atoms with Crippen molar-refractivity contribution in [1.82, 2.24) is 0 Å². The summed E-state index contributed by atoms with van der Waals surface area (Å²) in [6, 6.07) is 2.36. The number of hydrogen-bond acceptors (Lipinski definition) is 3. The van der Waals surface area contributed by atoms with Crippen LogP contribution in [0.25, 0.3) is 0 Å². The first-order valence-electron chi connectivity index (χ1n) is 5.37. The molecule has 0 radical (unpaired) electrons. The van der Waals surface area contributed by atoms with E-state index in [9.17, 15) is 49.6 Å². The van der Waals surface area contributed by atoms with Gasteiger partial charge in [-0.25, -0.2) is 0 Å². The van der Waals surface area contributed by atoms with E-state index < -0.39 is 40.4 Å². The predicted molar refractivity (Wildman–Crippen MR) is 57.6 cm³/mol. The van der Waals surface area contributed by atoms with Crippen molar-refractivity contribution < 1.29 is 44.4 Å². The fourth-order valence-electron chi connectivity index (χ4n) is 1.64. The first-order valence-corrected chi connectivity index (χ1v) is 5.37. The normalized spacial score (nSPS) is 13.8. The Morgan fingerprint density at radius 2 is 1.22 bits per heavy atom. The molecule has 0 atom stereocenters. The number of alkyl halides is 9. The van der Waals surface area contributed by atoms with Crippen molar-refractivity contribution >= 4 is 11.4 Å². The van der Waals surface area contributed by atoms with E-state index >= 15 is 0 Å². The maximum Gasteiger partial charge on any atom is 0.429 e. The van der Waals surface area contributed by atoms with Gasteiger partial charge in [0, 0.05) is 6.07 Å². The van der Waals surface area contributed by atoms with Crippen molar-refractivity contribution in [2.24, 2.45) is 0 Å². The Balaban J connectivity index is 3.66. The van der Waals surface area contributed by atoms with Crippen LogP contribution in [0.5, 0.6) is 0 Å². The number of rotatable bonds is 3. The average molecular weight is 356 g/mol. The van der Waals surface area contributed by atoms with Crippen LogP contribution >= 0.6 is 0 Å². The molecule has 1 rings (SSSR count). The van der Waals surface area contributed by atoms with Gasteiger partial charge in [0.15, 0.2) is 0 Å². The molecule has 1 N–H and O–H groups in total. The monoisotopic (exact) mass is 356 g/mol. The van der Waals surface area contributed by atoms with Crippen molar-refractivity contribution in [3.05, 3.63) is 34.4 Å². The highest BCUT2D eigenvalue weighted by molar-refractivity contribution is 5.63. The zero-order valence-corrected chi connectivity index (χ0v) is 10.5. The van der Waals surface area contributed by atoms with Gasteiger partial charge in [-0.3, -0.25) is 10.1 Å². The van der Waals surface area contributed by atoms with Gasteiger partial charge in [-0.15, -0.1) is 0 Å². The summed E-state index contributed by atoms with van der Waals surface area (Å²) in [7, 11) is 0. The van der Waals surface area contributed by atoms with Crippen molar-refractivity contribution in [2.45, 2.75) is 24.1 Å². The summed E-state index contributed by atoms with van der Waals surface area (Å²) in [4.78, 5) is 9.16. The molecule has 0 spiro atoms. The Kier molecular flexibility index (Phi) is 4.47. The fourth-order valence-corrected chi connectivity index (χ4v) is 1.64. The predicted octanol–water partition coefficient (Wildman–Crippen LogP) is 4.43. The summed E-state index contributed by atoms with van der Waals surface area (Å²) in [6.07, 6.45) is -20.6. The third kappa shape index (κ3) is 3.12. The third-order valence-electron chi connectivity index (χ3n) is 2.70. The first-order chi connectivity index (χ1) is 10.1. The SMILES string of the molecule is O=[N+]([O-])c1ccccc1NC(C(F)(F)F)(C(F)(F)F)C(F)(F)F. The lowest BCUT2D eigenvalue weighted by Gasteiger charge is -2.39. The number of halogens is 9. The van der Waals surface area contributed by atoms with E-state index in [-0.39, 0.29) is 5.32 Å². The molecule has 0 aliphatic heterocycles. The number of nitro benzene ring substituents is 1. The first kappa shape index (κ1) is 18.8. The molecule has 0 saturated heterocycles. The van der Waals surface area contributed by atoms with Crippen LogP contribution in [0.4, 0.5) is 50.9 Å². The molecule has 4 nitrogen and oxygen atoms in total. The van der Waals surface area contributed by atoms with Gasteiger partial charge in [-0.05, 0) is 6.07 Å². The molecule has 0 fully saturated rings. The van der Waals surface area contributed by atoms with Crippen LogP contribution in [0.2, 0.25) is 0 Å². The zero-order chi connectivity index (χ0) is 18.3. The van der Waals surface area contributed by atoms with Gasteiger partial charge in [0.2, 0.25) is 0 Å². The molecule has 0 aliphatic carbocycles. The number of nitrogens with one attached hydrogen (secondary N) is 1. The lowest BCUT2D eigenvalue weighted by atomic mass is 9.96. The molecule has 0 saturated carbocycles. The maximum absolute atomic E-state index is 12.7. The number of para-hydroxylation sites is 2. The van der Waals surface area contributed by atoms with Crippen LogP contribution in [0, 0.1) is 10.1 Å². The second-order valence-corrected chi connectivity index (χ2v) is 4.14. The Bertz CT molecular complexity index is 555. The quantitative estimate of drug-likeness (QED) is 0.495. The van der Waals surface area contributed by atoms with Crippen molar-refractivity contribution in [3.63, 3.8) is 0 Å². The van der Waals surface area contributed by atoms with Gasteiger partial charge in [0.25, 0.3) is 5.69 Å². The summed E-state index contributed by atoms with van der Waals surface area (Å²) in [5.74, 6) is 0. The molecule has 0 amide bonds. The van der Waals surface area contributed by atoms with E-state index in [2.05, 4.69) is 0 Å². The molecule has 13 heteroatoms. The van der Waals surface area contributed by atoms with E-state index in [1.165, 1.54) is 0 Å². The highest BCUT2D eigenvalue weighted by atomic mass is 19.4. The lowest BCUT2D eigenvalue weighted by Crippen LogP contribution is -2.70. The third-order valence-corrected chi connectivity index (χ3v) is 2.70. The van der Waals surface area contributed by atoms with Crippen LogP contribution < -0.4 is 5.32 Å². The summed E-state index contributed by atoms with van der Waals surface area (Å²) in [6.45, 7) is 0. The Hall–Kier alpha value is -2.21. The maximum atomic E-state index is 12.7. The lowest BCUT2D eigenvalue weighted by molar-refractivity contribution is -0.385. The molecule has 0 bridgehead atoms. The Morgan fingerprint density at radius 3 is 1.57 bits per heavy atom. The van der Waals surface area contributed by atoms with Gasteiger partial charge in [-0.2, -0.15) is 39.5 Å². The van der Waals surface area contributed by atoms with E-state index in [4.69, 9.17) is 0 Å². The van der Waals surface area contributed by atoms with Crippen LogP contribution in [0.1, 0.15) is 0 Å². The van der Waals surface area contributed by atoms with Crippen molar-refractivity contribution in [3.8, 4) is 0 Å². The highest BCUT2D eigenvalue weighted by Crippen LogP contribution is 2.54. The van der Waals surface area contributed by atoms with Crippen LogP contribution in [0.3, 0.4) is 0 Å². The van der Waals surface area contributed by atoms with E-state index in [0.29, 0.717) is 12.1 Å². The van der Waals surface area contributed by atoms with E-state index in [1.54, 1.807) is 0 Å². The second-order valence-electron chi connectivity index (χ2n) is 4.14. The molecule has 0 aromatic heterocycles. The summed E-state index contributed by atoms with van der Waals surface area (Å²) in [5.41, 5.74) is -9.32. The molecule has 0 unspecified atom stereocenters. The molecule has 0 aliphatic rings. The number of nitrogens with zero attached hydrogens (tertiary/aromatic N) is 1. The molecule has 0 heterocycles. The molecule has 23 heavy (non-hydrogen) atoms. The van der Waals surface area contributed by atoms with Crippen LogP contribution in [-0.4, -0.2) is 29.0 Å². The molecular weight excluding hydrogens is 351 g/mol. The van der Waals surface area contributed by atoms with Gasteiger partial charge >= 0.3 is 24.1 Å². The number of hydrogen-bond donors (Lipinski definition) is 1. The van der Waals surface area contributed by atoms with Crippen molar-refractivity contribution in [2.75, 3.05) is 5.32 Å². The Labute approximate surface area is 121 Å². The Morgan fingerprint density at radius 1 is 0.826 bits per heavy atom. The topological polar surface area (TPSA) is 55.2 Å². The van der Waals surface area contributed by atoms with Crippen molar-refractivity contribution in [1.29, 1.82) is 0 Å². The minimum Gasteiger partial charge on any atom is -0.351 e. The van der Waals surface area contributed by atoms with Crippen LogP contribution in [0.15, 0.2) is 24.3 Å². The van der Waals surface area contributed by atoms with Gasteiger partial charge in [-0.1, -0.05) is 12.1 Å². The smallest absolute Gasteiger partial charge is 0.351 e. The standard InChI is InChI=1S/C10H5F9N2O2/c11-8(12,13)7(9(14,15)16,10(17,18)19)20-5-3-1-2-4-6(5)21(22)23/h1-4,20H. The van der Waals surface area contributed by atoms with E-state index in [1.807, 2.05) is 0 Å². The summed E-state index contributed by atoms with van der Waals surface area (Å²) in [5, 5.41) is 10.8. The minimum atomic E-state index is -6.87. The zero-order valence-electron chi connectivity index (χ0n) is 10.5. The fraction of sp³-hybridized carbons (Fsp3) is 0.400. The second kappa shape index (κ2) is 5.45. The molecule has 130 valence electrons. The average Bonchev–Trinajstić information content (AvgIpc) is 2.31. The number of nitro groups is 1. The van der Waals surface area contributed by atoms with Crippen LogP contribution in [-0.2, 0) is 0 Å². The van der Waals surface area contributed by atoms with Gasteiger partial charge in [0.05, 0.1) is 4.92 Å². The minimum absolute atomic E-state index is 0.246.